The minimum absolute atomic E-state index is 0.637. The summed E-state index contributed by atoms with van der Waals surface area (Å²) in [6.07, 6.45) is 1.10. The highest BCUT2D eigenvalue weighted by atomic mass is 16.5. The fourth-order valence-corrected chi connectivity index (χ4v) is 2.28. The molecule has 20 heavy (non-hydrogen) atoms. The molecule has 1 N–H and O–H groups in total. The summed E-state index contributed by atoms with van der Waals surface area (Å²) in [6, 6.07) is 16.7. The lowest BCUT2D eigenvalue weighted by Gasteiger charge is -2.18. The first-order valence-corrected chi connectivity index (χ1v) is 7.41. The van der Waals surface area contributed by atoms with Gasteiger partial charge < -0.3 is 10.1 Å². The van der Waals surface area contributed by atoms with E-state index in [2.05, 4.69) is 35.6 Å². The van der Waals surface area contributed by atoms with E-state index in [-0.39, 0.29) is 0 Å². The van der Waals surface area contributed by atoms with Crippen molar-refractivity contribution in [1.82, 2.24) is 5.32 Å². The largest absolute Gasteiger partial charge is 0.489 e. The van der Waals surface area contributed by atoms with Gasteiger partial charge >= 0.3 is 0 Å². The monoisotopic (exact) mass is 269 g/mol. The molecule has 2 aromatic carbocycles. The van der Waals surface area contributed by atoms with Crippen LogP contribution in [0.3, 0.4) is 0 Å². The summed E-state index contributed by atoms with van der Waals surface area (Å²) in [4.78, 5) is 0. The smallest absolute Gasteiger partial charge is 0.120 e. The van der Waals surface area contributed by atoms with E-state index in [0.29, 0.717) is 6.61 Å². The number of fused-ring (bicyclic) bond motifs is 1. The van der Waals surface area contributed by atoms with Crippen LogP contribution < -0.4 is 10.1 Å². The first-order valence-electron chi connectivity index (χ1n) is 7.41. The van der Waals surface area contributed by atoms with Gasteiger partial charge in [0.1, 0.15) is 12.4 Å². The molecule has 106 valence electrons. The van der Waals surface area contributed by atoms with Crippen molar-refractivity contribution in [3.05, 3.63) is 65.2 Å². The van der Waals surface area contributed by atoms with Crippen LogP contribution in [0, 0.1) is 0 Å². The molecule has 2 aromatic rings. The molecular formula is C18H23NO. The second-order valence-electron chi connectivity index (χ2n) is 4.63. The highest BCUT2D eigenvalue weighted by Gasteiger charge is 2.09. The Kier molecular flexibility index (Phi) is 5.63. The van der Waals surface area contributed by atoms with Gasteiger partial charge in [0.25, 0.3) is 0 Å². The first kappa shape index (κ1) is 14.6. The topological polar surface area (TPSA) is 21.3 Å². The van der Waals surface area contributed by atoms with Gasteiger partial charge in [0.2, 0.25) is 0 Å². The highest BCUT2D eigenvalue weighted by molar-refractivity contribution is 5.37. The van der Waals surface area contributed by atoms with E-state index in [4.69, 9.17) is 4.74 Å². The van der Waals surface area contributed by atoms with Crippen molar-refractivity contribution in [3.8, 4) is 5.75 Å². The van der Waals surface area contributed by atoms with Crippen molar-refractivity contribution >= 4 is 0 Å². The number of nitrogens with one attached hydrogen (secondary N) is 1. The summed E-state index contributed by atoms with van der Waals surface area (Å²) in [5.41, 5.74) is 4.02. The number of benzene rings is 2. The Morgan fingerprint density at radius 1 is 1.00 bits per heavy atom. The van der Waals surface area contributed by atoms with Crippen LogP contribution in [0.5, 0.6) is 5.75 Å². The molecule has 0 fully saturated rings. The Labute approximate surface area is 121 Å². The predicted octanol–water partition coefficient (Wildman–Crippen LogP) is 3.94. The van der Waals surface area contributed by atoms with Crippen molar-refractivity contribution < 1.29 is 4.74 Å². The minimum atomic E-state index is 0.637. The molecule has 0 saturated carbocycles. The van der Waals surface area contributed by atoms with Crippen LogP contribution in [-0.4, -0.2) is 6.54 Å². The standard InChI is InChI=1S/C16H17NO.C2H6/c1-2-4-13(5-3-1)12-18-16-7-6-15-11-17-9-8-14(15)10-16;1-2/h1-7,10,17H,8-9,11-12H2;1-2H3. The molecule has 0 amide bonds. The third kappa shape index (κ3) is 3.84. The van der Waals surface area contributed by atoms with E-state index >= 15 is 0 Å². The van der Waals surface area contributed by atoms with Crippen LogP contribution in [0.15, 0.2) is 48.5 Å². The van der Waals surface area contributed by atoms with Crippen LogP contribution in [0.4, 0.5) is 0 Å². The van der Waals surface area contributed by atoms with Gasteiger partial charge in [-0.05, 0) is 41.8 Å². The lowest BCUT2D eigenvalue weighted by molar-refractivity contribution is 0.305. The molecule has 0 saturated heterocycles. The van der Waals surface area contributed by atoms with Crippen LogP contribution in [0.25, 0.3) is 0 Å². The normalized spacial score (nSPS) is 12.9. The number of hydrogen-bond donors (Lipinski definition) is 1. The van der Waals surface area contributed by atoms with Crippen LogP contribution in [0.2, 0.25) is 0 Å². The molecule has 1 aliphatic heterocycles. The molecule has 0 aliphatic carbocycles. The Hall–Kier alpha value is -1.80. The highest BCUT2D eigenvalue weighted by Crippen LogP contribution is 2.21. The zero-order valence-corrected chi connectivity index (χ0v) is 12.4. The van der Waals surface area contributed by atoms with E-state index in [1.165, 1.54) is 16.7 Å². The summed E-state index contributed by atoms with van der Waals surface area (Å²) in [6.45, 7) is 6.68. The maximum absolute atomic E-state index is 5.84. The van der Waals surface area contributed by atoms with Gasteiger partial charge in [-0.3, -0.25) is 0 Å². The Balaban J connectivity index is 0.000000704. The fourth-order valence-electron chi connectivity index (χ4n) is 2.28. The van der Waals surface area contributed by atoms with Crippen molar-refractivity contribution in [1.29, 1.82) is 0 Å². The van der Waals surface area contributed by atoms with Gasteiger partial charge in [-0.25, -0.2) is 0 Å². The molecule has 2 nitrogen and oxygen atoms in total. The van der Waals surface area contributed by atoms with Gasteiger partial charge in [0.05, 0.1) is 0 Å². The second-order valence-corrected chi connectivity index (χ2v) is 4.63. The SMILES string of the molecule is CC.c1ccc(COc2ccc3c(c2)CCNC3)cc1. The Morgan fingerprint density at radius 2 is 1.80 bits per heavy atom. The summed E-state index contributed by atoms with van der Waals surface area (Å²) in [7, 11) is 0. The van der Waals surface area contributed by atoms with E-state index in [9.17, 15) is 0 Å². The number of rotatable bonds is 3. The van der Waals surface area contributed by atoms with Gasteiger partial charge in [0.15, 0.2) is 0 Å². The van der Waals surface area contributed by atoms with Crippen molar-refractivity contribution in [2.24, 2.45) is 0 Å². The average Bonchev–Trinajstić information content (AvgIpc) is 2.55. The summed E-state index contributed by atoms with van der Waals surface area (Å²) in [5, 5.41) is 3.38. The van der Waals surface area contributed by atoms with Crippen molar-refractivity contribution in [2.45, 2.75) is 33.4 Å². The van der Waals surface area contributed by atoms with Crippen molar-refractivity contribution in [3.63, 3.8) is 0 Å². The Bertz CT molecular complexity index is 522. The van der Waals surface area contributed by atoms with Crippen LogP contribution in [-0.2, 0) is 19.6 Å². The zero-order chi connectivity index (χ0) is 14.2. The zero-order valence-electron chi connectivity index (χ0n) is 12.4. The van der Waals surface area contributed by atoms with Crippen LogP contribution >= 0.6 is 0 Å². The molecule has 1 aliphatic rings. The van der Waals surface area contributed by atoms with Gasteiger partial charge in [-0.1, -0.05) is 50.2 Å². The maximum Gasteiger partial charge on any atom is 0.120 e. The molecule has 0 spiro atoms. The van der Waals surface area contributed by atoms with E-state index in [0.717, 1.165) is 25.3 Å². The fraction of sp³-hybridized carbons (Fsp3) is 0.333. The number of ether oxygens (including phenoxy) is 1. The molecule has 0 atom stereocenters. The van der Waals surface area contributed by atoms with E-state index in [1.54, 1.807) is 0 Å². The van der Waals surface area contributed by atoms with E-state index in [1.807, 2.05) is 32.0 Å². The molecular weight excluding hydrogens is 246 g/mol. The first-order chi connectivity index (χ1) is 9.92. The third-order valence-corrected chi connectivity index (χ3v) is 3.31. The predicted molar refractivity (Wildman–Crippen MR) is 84.0 cm³/mol. The number of hydrogen-bond acceptors (Lipinski definition) is 2. The lowest BCUT2D eigenvalue weighted by atomic mass is 10.0. The van der Waals surface area contributed by atoms with Crippen molar-refractivity contribution in [2.75, 3.05) is 6.54 Å². The quantitative estimate of drug-likeness (QED) is 0.911. The second kappa shape index (κ2) is 7.71. The third-order valence-electron chi connectivity index (χ3n) is 3.31. The van der Waals surface area contributed by atoms with Crippen LogP contribution in [0.1, 0.15) is 30.5 Å². The Morgan fingerprint density at radius 3 is 2.60 bits per heavy atom. The molecule has 1 heterocycles. The molecule has 2 heteroatoms. The minimum Gasteiger partial charge on any atom is -0.489 e. The molecule has 0 unspecified atom stereocenters. The maximum atomic E-state index is 5.84. The summed E-state index contributed by atoms with van der Waals surface area (Å²) in [5.74, 6) is 0.972. The van der Waals surface area contributed by atoms with Gasteiger partial charge in [0, 0.05) is 6.54 Å². The molecule has 0 radical (unpaired) electrons. The lowest BCUT2D eigenvalue weighted by Crippen LogP contribution is -2.23. The molecule has 3 rings (SSSR count). The van der Waals surface area contributed by atoms with Gasteiger partial charge in [-0.15, -0.1) is 0 Å². The molecule has 0 bridgehead atoms. The van der Waals surface area contributed by atoms with E-state index < -0.39 is 0 Å². The summed E-state index contributed by atoms with van der Waals surface area (Å²) >= 11 is 0. The average molecular weight is 269 g/mol. The molecule has 0 aromatic heterocycles. The summed E-state index contributed by atoms with van der Waals surface area (Å²) < 4.78 is 5.84. The van der Waals surface area contributed by atoms with Gasteiger partial charge in [-0.2, -0.15) is 0 Å².